The van der Waals surface area contributed by atoms with Gasteiger partial charge >= 0.3 is 0 Å². The zero-order valence-electron chi connectivity index (χ0n) is 76.4. The molecule has 0 fully saturated rings. The fourth-order valence-electron chi connectivity index (χ4n) is 12.7. The molecule has 760 valence electrons. The van der Waals surface area contributed by atoms with Crippen molar-refractivity contribution in [3.05, 3.63) is 35.4 Å². The molecule has 1 aromatic rings. The van der Waals surface area contributed by atoms with Gasteiger partial charge in [0.1, 0.15) is 67.0 Å². The highest BCUT2D eigenvalue weighted by atomic mass is 32.1. The molecule has 0 bridgehead atoms. The van der Waals surface area contributed by atoms with Crippen molar-refractivity contribution in [2.75, 3.05) is 91.0 Å². The van der Waals surface area contributed by atoms with Gasteiger partial charge in [0.25, 0.3) is 5.91 Å². The number of nitrogens with two attached hydrogens (primary N) is 10. The summed E-state index contributed by atoms with van der Waals surface area (Å²) < 4.78 is 5.48. The molecule has 50 N–H and O–H groups in total. The molecule has 0 unspecified atom stereocenters. The van der Waals surface area contributed by atoms with Crippen LogP contribution in [0.25, 0.3) is 0 Å². The van der Waals surface area contributed by atoms with Crippen LogP contribution >= 0.6 is 12.6 Å². The van der Waals surface area contributed by atoms with Gasteiger partial charge in [-0.3, -0.25) is 125 Å². The maximum Gasteiger partial charge on any atom is 0.287 e. The van der Waals surface area contributed by atoms with Crippen molar-refractivity contribution in [1.82, 2.24) is 112 Å². The lowest BCUT2D eigenvalue weighted by atomic mass is 9.93. The first kappa shape index (κ1) is 119. The Labute approximate surface area is 791 Å². The fraction of sp³-hybridized carbons (Fsp3) is 0.603. The van der Waals surface area contributed by atoms with Crippen LogP contribution < -0.4 is 169 Å². The molecule has 11 atom stereocenters. The number of amides is 13. The molecule has 136 heavy (non-hydrogen) atoms. The summed E-state index contributed by atoms with van der Waals surface area (Å²) in [5.41, 5.74) is 56.7. The molecular weight excluding hydrogens is 1800 g/mol. The first-order chi connectivity index (χ1) is 64.2. The van der Waals surface area contributed by atoms with Crippen molar-refractivity contribution >= 4 is 160 Å². The highest BCUT2D eigenvalue weighted by molar-refractivity contribution is 7.80. The van der Waals surface area contributed by atoms with Crippen molar-refractivity contribution < 1.29 is 81.4 Å². The summed E-state index contributed by atoms with van der Waals surface area (Å²) in [6.45, 7) is 0.187. The van der Waals surface area contributed by atoms with E-state index in [1.807, 2.05) is 0 Å². The lowest BCUT2D eigenvalue weighted by Gasteiger charge is -2.29. The van der Waals surface area contributed by atoms with Crippen LogP contribution in [-0.2, 0) is 83.1 Å². The molecule has 0 aliphatic rings. The first-order valence-corrected chi connectivity index (χ1v) is 44.3. The van der Waals surface area contributed by atoms with Gasteiger partial charge in [0.2, 0.25) is 76.7 Å². The molecule has 58 heteroatoms. The molecule has 1 aromatic carbocycles. The number of benzene rings is 1. The minimum absolute atomic E-state index is 0.00796. The Balaban J connectivity index is 4.04. The Hall–Kier alpha value is -14.9. The van der Waals surface area contributed by atoms with Crippen molar-refractivity contribution in [3.8, 4) is 0 Å². The number of hydrogen-bond donors (Lipinski definition) is 41. The predicted molar refractivity (Wildman–Crippen MR) is 505 cm³/mol. The molecule has 0 heterocycles. The van der Waals surface area contributed by atoms with Gasteiger partial charge in [-0.15, -0.1) is 0 Å². The topological polar surface area (TPSA) is 1010 Å². The van der Waals surface area contributed by atoms with Gasteiger partial charge in [-0.1, -0.05) is 24.3 Å². The maximum atomic E-state index is 15.1. The number of hydrogen-bond acceptors (Lipinski definition) is 27. The van der Waals surface area contributed by atoms with Gasteiger partial charge in [-0.05, 0) is 134 Å². The monoisotopic (exact) mass is 1940 g/mol. The summed E-state index contributed by atoms with van der Waals surface area (Å²) in [5.74, 6) is -19.9. The van der Waals surface area contributed by atoms with Crippen LogP contribution in [0, 0.1) is 54.6 Å². The number of rotatable bonds is 71. The Kier molecular flexibility index (Phi) is 58.9. The molecule has 0 aromatic heterocycles. The minimum Gasteiger partial charge on any atom is -0.372 e. The first-order valence-electron chi connectivity index (χ1n) is 43.6. The third-order valence-corrected chi connectivity index (χ3v) is 20.0. The standard InChI is InChI=1S/C78H140N40O17S/c1-41(119)44-23-21-43(22-24-44)36-45(58(79)123)37-46(121)39-135-35-34-98-60(125)56(40-136)118-69(134)55(20-11-33-107-78(96)97)117-68(133)54(19-10-32-106-77(94)95)116-67(132)53(18-9-31-105-76(92)93)115-66(131)52(17-8-30-104-75(90)91)114-65(130)51(16-7-29-103-74(88)89)113-64(129)50(15-6-28-102-73(86)87)112-63(128)49(14-5-27-101-72(84)85)111-62(127)48(13-4-26-100-71(82)83)110-61(126)47(12-3-25-99-70(80)81)109-57(122)38-108-59(124)42(2)120/h21-24,45,47-56,136H,3-20,25-40H2,1-2H3,(H2,79,123)(H,98,125)(H,108,124)(H,109,122)(H,110,126)(H,111,127)(H,112,128)(H,113,129)(H,114,130)(H,115,131)(H,116,132)(H,117,133)(H,118,134)(H4,80,81,99)(H4,82,83,100)(H4,84,85,101)(H4,86,87,102)(H4,88,89,103)(H4,90,91,104)(H4,92,93,105)(H4,94,95,106)(H4,96,97,107)/t45-,47-,48-,49-,50-,51-,52-,53-,54-,55-,56-/m1/s1. The second-order valence-corrected chi connectivity index (χ2v) is 31.4. The zero-order valence-corrected chi connectivity index (χ0v) is 77.3. The molecule has 0 spiro atoms. The molecule has 0 radical (unpaired) electrons. The number of thiol groups is 1. The minimum atomic E-state index is -1.69. The van der Waals surface area contributed by atoms with Crippen molar-refractivity contribution in [1.29, 1.82) is 48.7 Å². The number of guanidine groups is 9. The van der Waals surface area contributed by atoms with Crippen LogP contribution in [0.15, 0.2) is 24.3 Å². The van der Waals surface area contributed by atoms with Gasteiger partial charge in [0, 0.05) is 96.0 Å². The molecule has 0 saturated heterocycles. The normalized spacial score (nSPS) is 13.1. The van der Waals surface area contributed by atoms with Gasteiger partial charge in [0.05, 0.1) is 13.2 Å². The second kappa shape index (κ2) is 67.3. The molecular formula is C78H140N40O17S. The van der Waals surface area contributed by atoms with E-state index in [4.69, 9.17) is 111 Å². The largest absolute Gasteiger partial charge is 0.372 e. The number of nitrogens with one attached hydrogen (secondary N) is 30. The van der Waals surface area contributed by atoms with Crippen LogP contribution in [-0.4, -0.2) is 299 Å². The lowest BCUT2D eigenvalue weighted by Crippen LogP contribution is -2.61. The number of Topliss-reactive ketones (excluding diaryl/α,β-unsaturated/α-hetero) is 3. The van der Waals surface area contributed by atoms with E-state index in [0.717, 1.165) is 6.92 Å². The average molecular weight is 1940 g/mol. The number of ether oxygens (including phenoxy) is 1. The third kappa shape index (κ3) is 55.4. The number of ketones is 3. The smallest absolute Gasteiger partial charge is 0.287 e. The van der Waals surface area contributed by atoms with Crippen LogP contribution in [0.5, 0.6) is 0 Å². The van der Waals surface area contributed by atoms with E-state index in [1.54, 1.807) is 24.3 Å². The predicted octanol–water partition coefficient (Wildman–Crippen LogP) is -12.5. The summed E-state index contributed by atoms with van der Waals surface area (Å²) in [5, 5.41) is 123. The summed E-state index contributed by atoms with van der Waals surface area (Å²) in [6.07, 6.45) is -2.74. The number of carbonyl (C=O) groups is 16. The van der Waals surface area contributed by atoms with Gasteiger partial charge < -0.3 is 174 Å². The van der Waals surface area contributed by atoms with Crippen molar-refractivity contribution in [3.63, 3.8) is 0 Å². The van der Waals surface area contributed by atoms with E-state index >= 15 is 19.2 Å². The lowest BCUT2D eigenvalue weighted by molar-refractivity contribution is -0.137. The van der Waals surface area contributed by atoms with E-state index in [2.05, 4.69) is 124 Å². The summed E-state index contributed by atoms with van der Waals surface area (Å²) in [7, 11) is 0. The van der Waals surface area contributed by atoms with E-state index in [0.29, 0.717) is 11.1 Å². The molecule has 1 rings (SSSR count). The third-order valence-electron chi connectivity index (χ3n) is 19.7. The highest BCUT2D eigenvalue weighted by Crippen LogP contribution is 2.17. The van der Waals surface area contributed by atoms with Gasteiger partial charge in [-0.25, -0.2) is 0 Å². The highest BCUT2D eigenvalue weighted by Gasteiger charge is 2.37. The number of carbonyl (C=O) groups excluding carboxylic acids is 16. The Bertz CT molecular complexity index is 4240. The quantitative estimate of drug-likeness (QED) is 0.00719. The van der Waals surface area contributed by atoms with E-state index in [9.17, 15) is 57.5 Å². The van der Waals surface area contributed by atoms with Crippen LogP contribution in [0.3, 0.4) is 0 Å². The Morgan fingerprint density at radius 3 is 0.757 bits per heavy atom. The Morgan fingerprint density at radius 1 is 0.309 bits per heavy atom. The van der Waals surface area contributed by atoms with Gasteiger partial charge in [-0.2, -0.15) is 12.6 Å². The second-order valence-electron chi connectivity index (χ2n) is 31.1. The zero-order chi connectivity index (χ0) is 102. The maximum absolute atomic E-state index is 15.1. The van der Waals surface area contributed by atoms with Crippen LogP contribution in [0.1, 0.15) is 152 Å². The average Bonchev–Trinajstić information content (AvgIpc) is 0.850. The van der Waals surface area contributed by atoms with Crippen molar-refractivity contribution in [2.24, 2.45) is 63.3 Å². The number of primary amides is 1. The van der Waals surface area contributed by atoms with E-state index < -0.39 is 221 Å². The van der Waals surface area contributed by atoms with Gasteiger partial charge in [0.15, 0.2) is 65.2 Å². The Morgan fingerprint density at radius 2 is 0.544 bits per heavy atom. The van der Waals surface area contributed by atoms with Crippen LogP contribution in [0.2, 0.25) is 0 Å². The van der Waals surface area contributed by atoms with E-state index in [-0.39, 0.29) is 212 Å². The molecule has 0 saturated carbocycles. The molecule has 13 amide bonds. The summed E-state index contributed by atoms with van der Waals surface area (Å²) in [4.78, 5) is 221. The van der Waals surface area contributed by atoms with E-state index in [1.165, 1.54) is 6.92 Å². The molecule has 0 aliphatic carbocycles. The summed E-state index contributed by atoms with van der Waals surface area (Å²) in [6, 6.07) is -9.45. The summed E-state index contributed by atoms with van der Waals surface area (Å²) >= 11 is 4.28. The molecule has 57 nitrogen and oxygen atoms in total. The van der Waals surface area contributed by atoms with Crippen LogP contribution in [0.4, 0.5) is 0 Å². The SMILES string of the molecule is CC(=O)C(=O)NCC(=O)N[C@H](CCCNC(=N)N)C(=O)N[C@H](CCCNC(=N)N)C(=O)N[C@H](CCCNC(=N)N)C(=O)N[C@H](CCCNC(=N)N)C(=O)N[C@H](CCCNC(=N)N)C(=O)N[C@H](CCCNC(=N)N)C(=O)N[C@H](CCCNC(=N)N)C(=O)N[C@H](CCCNC(=N)N)C(=O)N[C@H](CCCNC(=N)N)C(=O)N[C@H](CS)C(=O)NCCOCC(=O)C[C@@H](Cc1ccc(C(C)=O)cc1)C(N)=O. The molecule has 0 aliphatic heterocycles. The fourth-order valence-corrected chi connectivity index (χ4v) is 12.9. The van der Waals surface area contributed by atoms with Crippen molar-refractivity contribution in [2.45, 2.75) is 203 Å².